The lowest BCUT2D eigenvalue weighted by Crippen LogP contribution is -2.63. The Balaban J connectivity index is 1.99. The van der Waals surface area contributed by atoms with Crippen LogP contribution in [0.5, 0.6) is 0 Å². The molecule has 7 heteroatoms. The molecule has 2 heterocycles. The molecular formula is C17H17ClN2O4. The summed E-state index contributed by atoms with van der Waals surface area (Å²) in [5.41, 5.74) is -1.72. The minimum atomic E-state index is -1.34. The summed E-state index contributed by atoms with van der Waals surface area (Å²) in [5.74, 6) is -1.84. The second-order valence-corrected chi connectivity index (χ2v) is 7.14. The van der Waals surface area contributed by atoms with Crippen molar-refractivity contribution < 1.29 is 19.2 Å². The first-order chi connectivity index (χ1) is 11.2. The number of piperidine rings is 1. The highest BCUT2D eigenvalue weighted by Gasteiger charge is 2.58. The van der Waals surface area contributed by atoms with Crippen molar-refractivity contribution in [2.24, 2.45) is 0 Å². The monoisotopic (exact) mass is 348 g/mol. The highest BCUT2D eigenvalue weighted by atomic mass is 35.5. The van der Waals surface area contributed by atoms with Crippen LogP contribution >= 0.6 is 11.6 Å². The molecule has 0 aromatic heterocycles. The fourth-order valence-corrected chi connectivity index (χ4v) is 3.49. The van der Waals surface area contributed by atoms with Crippen molar-refractivity contribution in [1.29, 1.82) is 0 Å². The third kappa shape index (κ3) is 2.33. The summed E-state index contributed by atoms with van der Waals surface area (Å²) < 4.78 is 0. The Morgan fingerprint density at radius 2 is 1.71 bits per heavy atom. The van der Waals surface area contributed by atoms with Crippen LogP contribution in [-0.2, 0) is 24.6 Å². The lowest BCUT2D eigenvalue weighted by atomic mass is 9.80. The number of rotatable bonds is 2. The maximum absolute atomic E-state index is 13.1. The Labute approximate surface area is 144 Å². The predicted octanol–water partition coefficient (Wildman–Crippen LogP) is 1.55. The maximum Gasteiger partial charge on any atom is 0.252 e. The number of halogens is 1. The van der Waals surface area contributed by atoms with Crippen LogP contribution in [0.15, 0.2) is 24.3 Å². The molecule has 24 heavy (non-hydrogen) atoms. The SMILES string of the molecule is CC1(c2ccc(Cl)cc2)CC(=O)N(C2(C)CCC(=O)NC2=O)C1=O. The Hall–Kier alpha value is -2.21. The van der Waals surface area contributed by atoms with E-state index in [0.717, 1.165) is 4.90 Å². The molecule has 6 nitrogen and oxygen atoms in total. The quantitative estimate of drug-likeness (QED) is 0.822. The van der Waals surface area contributed by atoms with E-state index in [1.165, 1.54) is 6.92 Å². The summed E-state index contributed by atoms with van der Waals surface area (Å²) in [4.78, 5) is 50.4. The second-order valence-electron chi connectivity index (χ2n) is 6.70. The minimum absolute atomic E-state index is 0.0235. The number of nitrogens with zero attached hydrogens (tertiary/aromatic N) is 1. The van der Waals surface area contributed by atoms with Gasteiger partial charge < -0.3 is 0 Å². The molecule has 126 valence electrons. The lowest BCUT2D eigenvalue weighted by Gasteiger charge is -2.39. The van der Waals surface area contributed by atoms with Gasteiger partial charge in [-0.25, -0.2) is 0 Å². The number of carbonyl (C=O) groups excluding carboxylic acids is 4. The number of likely N-dealkylation sites (tertiary alicyclic amines) is 1. The van der Waals surface area contributed by atoms with Gasteiger partial charge >= 0.3 is 0 Å². The average molecular weight is 349 g/mol. The molecule has 1 aromatic carbocycles. The van der Waals surface area contributed by atoms with Crippen molar-refractivity contribution in [1.82, 2.24) is 10.2 Å². The number of carbonyl (C=O) groups is 4. The number of imide groups is 2. The van der Waals surface area contributed by atoms with Crippen LogP contribution in [0.4, 0.5) is 0 Å². The van der Waals surface area contributed by atoms with E-state index >= 15 is 0 Å². The molecule has 3 rings (SSSR count). The smallest absolute Gasteiger partial charge is 0.252 e. The summed E-state index contributed by atoms with van der Waals surface area (Å²) >= 11 is 5.89. The van der Waals surface area contributed by atoms with Gasteiger partial charge in [0.1, 0.15) is 5.54 Å². The van der Waals surface area contributed by atoms with Crippen molar-refractivity contribution in [2.75, 3.05) is 0 Å². The summed E-state index contributed by atoms with van der Waals surface area (Å²) in [5, 5.41) is 2.76. The Morgan fingerprint density at radius 1 is 1.08 bits per heavy atom. The fourth-order valence-electron chi connectivity index (χ4n) is 3.37. The van der Waals surface area contributed by atoms with E-state index in [-0.39, 0.29) is 19.3 Å². The van der Waals surface area contributed by atoms with Gasteiger partial charge in [-0.05, 0) is 38.0 Å². The second kappa shape index (κ2) is 5.41. The minimum Gasteiger partial charge on any atom is -0.294 e. The van der Waals surface area contributed by atoms with E-state index in [0.29, 0.717) is 10.6 Å². The number of hydrogen-bond acceptors (Lipinski definition) is 4. The van der Waals surface area contributed by atoms with Gasteiger partial charge in [-0.3, -0.25) is 29.4 Å². The highest BCUT2D eigenvalue weighted by molar-refractivity contribution is 6.30. The van der Waals surface area contributed by atoms with Crippen molar-refractivity contribution in [2.45, 2.75) is 44.1 Å². The lowest BCUT2D eigenvalue weighted by molar-refractivity contribution is -0.158. The maximum atomic E-state index is 13.1. The van der Waals surface area contributed by atoms with Gasteiger partial charge in [0, 0.05) is 17.9 Å². The zero-order valence-electron chi connectivity index (χ0n) is 13.4. The van der Waals surface area contributed by atoms with Crippen LogP contribution in [0.2, 0.25) is 5.02 Å². The van der Waals surface area contributed by atoms with Crippen molar-refractivity contribution in [3.63, 3.8) is 0 Å². The van der Waals surface area contributed by atoms with Gasteiger partial charge in [0.25, 0.3) is 5.91 Å². The first-order valence-corrected chi connectivity index (χ1v) is 8.04. The number of hydrogen-bond donors (Lipinski definition) is 1. The molecule has 2 unspecified atom stereocenters. The van der Waals surface area contributed by atoms with E-state index in [9.17, 15) is 19.2 Å². The third-order valence-electron chi connectivity index (χ3n) is 4.99. The van der Waals surface area contributed by atoms with Crippen LogP contribution in [-0.4, -0.2) is 34.1 Å². The van der Waals surface area contributed by atoms with Crippen LogP contribution in [0.1, 0.15) is 38.7 Å². The van der Waals surface area contributed by atoms with Crippen LogP contribution < -0.4 is 5.32 Å². The largest absolute Gasteiger partial charge is 0.294 e. The first kappa shape index (κ1) is 16.6. The molecular weight excluding hydrogens is 332 g/mol. The topological polar surface area (TPSA) is 83.6 Å². The van der Waals surface area contributed by atoms with E-state index in [2.05, 4.69) is 5.32 Å². The molecule has 0 bridgehead atoms. The summed E-state index contributed by atoms with van der Waals surface area (Å²) in [6.07, 6.45) is 0.201. The van der Waals surface area contributed by atoms with E-state index in [4.69, 9.17) is 11.6 Å². The summed E-state index contributed by atoms with van der Waals surface area (Å²) in [7, 11) is 0. The van der Waals surface area contributed by atoms with E-state index < -0.39 is 34.6 Å². The van der Waals surface area contributed by atoms with E-state index in [1.807, 2.05) is 0 Å². The Kier molecular flexibility index (Phi) is 3.75. The standard InChI is InChI=1S/C17H17ClN2O4/c1-16(10-3-5-11(18)6-4-10)9-13(22)20(15(16)24)17(2)8-7-12(21)19-14(17)23/h3-6H,7-9H2,1-2H3,(H,19,21,23). The molecule has 0 spiro atoms. The van der Waals surface area contributed by atoms with E-state index in [1.54, 1.807) is 31.2 Å². The molecule has 4 amide bonds. The zero-order chi connectivity index (χ0) is 17.7. The molecule has 2 aliphatic rings. The molecule has 2 aliphatic heterocycles. The van der Waals surface area contributed by atoms with Gasteiger partial charge in [-0.15, -0.1) is 0 Å². The average Bonchev–Trinajstić information content (AvgIpc) is 2.75. The van der Waals surface area contributed by atoms with Gasteiger partial charge in [0.2, 0.25) is 17.7 Å². The van der Waals surface area contributed by atoms with Crippen LogP contribution in [0, 0.1) is 0 Å². The van der Waals surface area contributed by atoms with Gasteiger partial charge in [-0.2, -0.15) is 0 Å². The van der Waals surface area contributed by atoms with Crippen molar-refractivity contribution >= 4 is 35.2 Å². The molecule has 0 radical (unpaired) electrons. The molecule has 2 saturated heterocycles. The summed E-state index contributed by atoms with van der Waals surface area (Å²) in [6, 6.07) is 6.75. The normalized spacial score (nSPS) is 30.7. The van der Waals surface area contributed by atoms with Crippen LogP contribution in [0.25, 0.3) is 0 Å². The van der Waals surface area contributed by atoms with Gasteiger partial charge in [0.15, 0.2) is 0 Å². The van der Waals surface area contributed by atoms with Crippen molar-refractivity contribution in [3.8, 4) is 0 Å². The Morgan fingerprint density at radius 3 is 2.29 bits per heavy atom. The third-order valence-corrected chi connectivity index (χ3v) is 5.24. The molecule has 0 saturated carbocycles. The molecule has 2 fully saturated rings. The molecule has 0 aliphatic carbocycles. The van der Waals surface area contributed by atoms with Crippen molar-refractivity contribution in [3.05, 3.63) is 34.9 Å². The zero-order valence-corrected chi connectivity index (χ0v) is 14.1. The number of amides is 4. The first-order valence-electron chi connectivity index (χ1n) is 7.66. The highest BCUT2D eigenvalue weighted by Crippen LogP contribution is 2.41. The van der Waals surface area contributed by atoms with Crippen LogP contribution in [0.3, 0.4) is 0 Å². The number of nitrogens with one attached hydrogen (secondary N) is 1. The van der Waals surface area contributed by atoms with Gasteiger partial charge in [0.05, 0.1) is 5.41 Å². The molecule has 1 N–H and O–H groups in total. The predicted molar refractivity (Wildman–Crippen MR) is 86.1 cm³/mol. The molecule has 2 atom stereocenters. The summed E-state index contributed by atoms with van der Waals surface area (Å²) in [6.45, 7) is 3.21. The number of benzene rings is 1. The molecule has 1 aromatic rings. The Bertz CT molecular complexity index is 760. The fraction of sp³-hybridized carbons (Fsp3) is 0.412. The van der Waals surface area contributed by atoms with Gasteiger partial charge in [-0.1, -0.05) is 23.7 Å².